The predicted octanol–water partition coefficient (Wildman–Crippen LogP) is 1.84. The van der Waals surface area contributed by atoms with Crippen LogP contribution in [0, 0.1) is 0 Å². The smallest absolute Gasteiger partial charge is 0.335 e. The normalized spacial score (nSPS) is 11.7. The molecule has 1 unspecified atom stereocenters. The van der Waals surface area contributed by atoms with E-state index in [1.165, 1.54) is 4.90 Å². The van der Waals surface area contributed by atoms with Crippen LogP contribution in [0.25, 0.3) is 0 Å². The van der Waals surface area contributed by atoms with Crippen LogP contribution < -0.4 is 0 Å². The highest BCUT2D eigenvalue weighted by molar-refractivity contribution is 7.09. The highest BCUT2D eigenvalue weighted by atomic mass is 32.1. The molecule has 6 heteroatoms. The second-order valence-electron chi connectivity index (χ2n) is 4.20. The lowest BCUT2D eigenvalue weighted by Crippen LogP contribution is -2.33. The van der Waals surface area contributed by atoms with Gasteiger partial charge in [0.25, 0.3) is 5.91 Å². The van der Waals surface area contributed by atoms with Gasteiger partial charge in [0.15, 0.2) is 12.7 Å². The number of nitrogens with zero attached hydrogens (tertiary/aromatic N) is 1. The molecule has 0 aliphatic rings. The van der Waals surface area contributed by atoms with Crippen LogP contribution in [0.2, 0.25) is 0 Å². The number of hydrogen-bond acceptors (Lipinski definition) is 5. The molecule has 0 saturated carbocycles. The summed E-state index contributed by atoms with van der Waals surface area (Å²) < 4.78 is 10.0. The van der Waals surface area contributed by atoms with Gasteiger partial charge in [0, 0.05) is 11.9 Å². The van der Waals surface area contributed by atoms with Gasteiger partial charge in [-0.1, -0.05) is 12.1 Å². The highest BCUT2D eigenvalue weighted by Gasteiger charge is 2.17. The Hall–Kier alpha value is -1.66. The Bertz CT molecular complexity index is 444. The first-order chi connectivity index (χ1) is 9.54. The summed E-state index contributed by atoms with van der Waals surface area (Å²) in [5.74, 6) is -0.799. The average Bonchev–Trinajstić information content (AvgIpc) is 2.94. The van der Waals surface area contributed by atoms with Crippen molar-refractivity contribution in [2.75, 3.05) is 20.3 Å². The molecule has 0 radical (unpaired) electrons. The van der Waals surface area contributed by atoms with Crippen molar-refractivity contribution in [1.82, 2.24) is 4.90 Å². The zero-order valence-electron chi connectivity index (χ0n) is 11.7. The van der Waals surface area contributed by atoms with E-state index in [2.05, 4.69) is 6.58 Å². The molecular weight excluding hydrogens is 278 g/mol. The maximum atomic E-state index is 11.8. The molecule has 0 bridgehead atoms. The molecule has 1 aromatic rings. The van der Waals surface area contributed by atoms with Gasteiger partial charge in [-0.3, -0.25) is 4.79 Å². The molecule has 0 spiro atoms. The number of hydrogen-bond donors (Lipinski definition) is 0. The molecule has 0 saturated heterocycles. The van der Waals surface area contributed by atoms with Gasteiger partial charge < -0.3 is 14.4 Å². The van der Waals surface area contributed by atoms with Crippen molar-refractivity contribution in [3.8, 4) is 0 Å². The van der Waals surface area contributed by atoms with E-state index in [1.54, 1.807) is 31.4 Å². The zero-order chi connectivity index (χ0) is 15.0. The van der Waals surface area contributed by atoms with Gasteiger partial charge >= 0.3 is 5.97 Å². The topological polar surface area (TPSA) is 55.8 Å². The fourth-order valence-corrected chi connectivity index (χ4v) is 2.12. The minimum atomic E-state index is -0.705. The van der Waals surface area contributed by atoms with Crippen LogP contribution in [0.5, 0.6) is 0 Å². The van der Waals surface area contributed by atoms with Gasteiger partial charge in [-0.2, -0.15) is 0 Å². The van der Waals surface area contributed by atoms with E-state index in [0.717, 1.165) is 4.88 Å². The molecule has 0 fully saturated rings. The first-order valence-corrected chi connectivity index (χ1v) is 7.08. The second-order valence-corrected chi connectivity index (χ2v) is 5.23. The third kappa shape index (κ3) is 5.54. The van der Waals surface area contributed by atoms with Crippen LogP contribution >= 0.6 is 11.3 Å². The van der Waals surface area contributed by atoms with E-state index >= 15 is 0 Å². The number of esters is 1. The van der Waals surface area contributed by atoms with Gasteiger partial charge in [0.2, 0.25) is 0 Å². The van der Waals surface area contributed by atoms with Gasteiger partial charge in [0.1, 0.15) is 0 Å². The Balaban J connectivity index is 2.31. The van der Waals surface area contributed by atoms with Crippen molar-refractivity contribution in [2.45, 2.75) is 19.6 Å². The van der Waals surface area contributed by atoms with E-state index < -0.39 is 12.1 Å². The van der Waals surface area contributed by atoms with E-state index in [9.17, 15) is 9.59 Å². The van der Waals surface area contributed by atoms with Crippen LogP contribution in [0.15, 0.2) is 30.2 Å². The monoisotopic (exact) mass is 297 g/mol. The largest absolute Gasteiger partial charge is 0.454 e. The summed E-state index contributed by atoms with van der Waals surface area (Å²) >= 11 is 1.58. The number of carbonyl (C=O) groups is 2. The maximum Gasteiger partial charge on any atom is 0.335 e. The number of thiophene rings is 1. The minimum Gasteiger partial charge on any atom is -0.454 e. The zero-order valence-corrected chi connectivity index (χ0v) is 12.5. The fraction of sp³-hybridized carbons (Fsp3) is 0.429. The van der Waals surface area contributed by atoms with Crippen LogP contribution in [-0.4, -0.2) is 43.1 Å². The van der Waals surface area contributed by atoms with E-state index in [0.29, 0.717) is 6.54 Å². The van der Waals surface area contributed by atoms with Crippen molar-refractivity contribution >= 4 is 23.2 Å². The predicted molar refractivity (Wildman–Crippen MR) is 77.4 cm³/mol. The van der Waals surface area contributed by atoms with Crippen LogP contribution in [0.4, 0.5) is 0 Å². The summed E-state index contributed by atoms with van der Waals surface area (Å²) in [4.78, 5) is 26.0. The molecule has 1 heterocycles. The number of ether oxygens (including phenoxy) is 2. The number of likely N-dealkylation sites (N-methyl/N-ethyl adjacent to an activating group) is 1. The molecule has 1 aromatic heterocycles. The Morgan fingerprint density at radius 1 is 1.55 bits per heavy atom. The molecule has 1 atom stereocenters. The Morgan fingerprint density at radius 3 is 2.90 bits per heavy atom. The second kappa shape index (κ2) is 8.50. The summed E-state index contributed by atoms with van der Waals surface area (Å²) in [7, 11) is 1.67. The Labute approximate surface area is 122 Å². The van der Waals surface area contributed by atoms with Crippen molar-refractivity contribution in [2.24, 2.45) is 0 Å². The molecule has 5 nitrogen and oxygen atoms in total. The molecule has 110 valence electrons. The van der Waals surface area contributed by atoms with Gasteiger partial charge in [-0.15, -0.1) is 17.9 Å². The standard InChI is InChI=1S/C14H19NO4S/c1-4-7-18-11(2)14(17)19-10-13(16)15(3)9-12-6-5-8-20-12/h4-6,8,11H,1,7,9-10H2,2-3H3. The summed E-state index contributed by atoms with van der Waals surface area (Å²) in [5.41, 5.74) is 0. The molecule has 0 aliphatic carbocycles. The maximum absolute atomic E-state index is 11.8. The van der Waals surface area contributed by atoms with Crippen LogP contribution in [-0.2, 0) is 25.6 Å². The molecule has 0 N–H and O–H groups in total. The summed E-state index contributed by atoms with van der Waals surface area (Å²) in [6.07, 6.45) is 0.840. The average molecular weight is 297 g/mol. The molecule has 0 aliphatic heterocycles. The lowest BCUT2D eigenvalue weighted by molar-refractivity contribution is -0.160. The SMILES string of the molecule is C=CCOC(C)C(=O)OCC(=O)N(C)Cc1cccs1. The van der Waals surface area contributed by atoms with Gasteiger partial charge in [0.05, 0.1) is 13.2 Å². The van der Waals surface area contributed by atoms with Crippen molar-refractivity contribution in [3.05, 3.63) is 35.0 Å². The first-order valence-electron chi connectivity index (χ1n) is 6.20. The Kier molecular flexibility index (Phi) is 6.97. The molecule has 0 aromatic carbocycles. The van der Waals surface area contributed by atoms with Crippen molar-refractivity contribution in [1.29, 1.82) is 0 Å². The van der Waals surface area contributed by atoms with Crippen molar-refractivity contribution < 1.29 is 19.1 Å². The van der Waals surface area contributed by atoms with Gasteiger partial charge in [-0.25, -0.2) is 4.79 Å². The van der Waals surface area contributed by atoms with E-state index in [4.69, 9.17) is 9.47 Å². The highest BCUT2D eigenvalue weighted by Crippen LogP contribution is 2.10. The van der Waals surface area contributed by atoms with E-state index in [-0.39, 0.29) is 19.1 Å². The molecule has 1 amide bonds. The quantitative estimate of drug-likeness (QED) is 0.543. The minimum absolute atomic E-state index is 0.248. The molecular formula is C14H19NO4S. The van der Waals surface area contributed by atoms with Crippen LogP contribution in [0.3, 0.4) is 0 Å². The summed E-state index contributed by atoms with van der Waals surface area (Å²) in [5, 5.41) is 1.95. The summed E-state index contributed by atoms with van der Waals surface area (Å²) in [6, 6.07) is 3.88. The van der Waals surface area contributed by atoms with E-state index in [1.807, 2.05) is 17.5 Å². The lowest BCUT2D eigenvalue weighted by atomic mass is 10.4. The Morgan fingerprint density at radius 2 is 2.30 bits per heavy atom. The summed E-state index contributed by atoms with van der Waals surface area (Å²) in [6.45, 7) is 5.56. The first kappa shape index (κ1) is 16.4. The fourth-order valence-electron chi connectivity index (χ4n) is 1.37. The third-order valence-electron chi connectivity index (χ3n) is 2.53. The number of rotatable bonds is 8. The number of amides is 1. The molecule has 20 heavy (non-hydrogen) atoms. The lowest BCUT2D eigenvalue weighted by Gasteiger charge is -2.17. The number of carbonyl (C=O) groups excluding carboxylic acids is 2. The van der Waals surface area contributed by atoms with Crippen LogP contribution in [0.1, 0.15) is 11.8 Å². The van der Waals surface area contributed by atoms with Crippen molar-refractivity contribution in [3.63, 3.8) is 0 Å². The third-order valence-corrected chi connectivity index (χ3v) is 3.39. The van der Waals surface area contributed by atoms with Gasteiger partial charge in [-0.05, 0) is 18.4 Å². The molecule has 1 rings (SSSR count).